The quantitative estimate of drug-likeness (QED) is 0.654. The average molecular weight is 255 g/mol. The van der Waals surface area contributed by atoms with Crippen LogP contribution >= 0.6 is 23.1 Å². The highest BCUT2D eigenvalue weighted by molar-refractivity contribution is 7.99. The second-order valence-electron chi connectivity index (χ2n) is 2.88. The van der Waals surface area contributed by atoms with Crippen LogP contribution in [0, 0.1) is 11.8 Å². The van der Waals surface area contributed by atoms with Gasteiger partial charge in [0, 0.05) is 21.6 Å². The number of nitrogens with two attached hydrogens (primary N) is 1. The van der Waals surface area contributed by atoms with Gasteiger partial charge in [0.25, 0.3) is 0 Å². The Morgan fingerprint density at radius 1 is 1.69 bits per heavy atom. The monoisotopic (exact) mass is 255 g/mol. The fourth-order valence-electron chi connectivity index (χ4n) is 0.969. The van der Waals surface area contributed by atoms with Crippen LogP contribution in [0.5, 0.6) is 0 Å². The largest absolute Gasteiger partial charge is 0.468 e. The zero-order chi connectivity index (χ0) is 11.8. The van der Waals surface area contributed by atoms with Crippen molar-refractivity contribution in [3.8, 4) is 11.8 Å². The Bertz CT molecular complexity index is 404. The van der Waals surface area contributed by atoms with Gasteiger partial charge in [-0.05, 0) is 6.07 Å². The third-order valence-corrected chi connectivity index (χ3v) is 3.75. The molecule has 1 rings (SSSR count). The molecule has 3 nitrogen and oxygen atoms in total. The summed E-state index contributed by atoms with van der Waals surface area (Å²) in [6.07, 6.45) is 0. The molecule has 0 atom stereocenters. The summed E-state index contributed by atoms with van der Waals surface area (Å²) < 4.78 is 4.55. The normalized spacial score (nSPS) is 9.38. The highest BCUT2D eigenvalue weighted by atomic mass is 32.2. The van der Waals surface area contributed by atoms with E-state index in [0.29, 0.717) is 12.3 Å². The molecule has 0 aliphatic heterocycles. The molecule has 0 amide bonds. The van der Waals surface area contributed by atoms with Crippen molar-refractivity contribution in [1.82, 2.24) is 0 Å². The van der Waals surface area contributed by atoms with E-state index in [2.05, 4.69) is 16.6 Å². The van der Waals surface area contributed by atoms with Gasteiger partial charge in [-0.2, -0.15) is 0 Å². The van der Waals surface area contributed by atoms with E-state index in [1.54, 1.807) is 11.3 Å². The van der Waals surface area contributed by atoms with Crippen molar-refractivity contribution in [1.29, 1.82) is 0 Å². The van der Waals surface area contributed by atoms with Gasteiger partial charge in [0.1, 0.15) is 0 Å². The van der Waals surface area contributed by atoms with Crippen LogP contribution in [0.25, 0.3) is 0 Å². The van der Waals surface area contributed by atoms with Gasteiger partial charge in [-0.25, -0.2) is 0 Å². The average Bonchev–Trinajstić information content (AvgIpc) is 2.74. The lowest BCUT2D eigenvalue weighted by Crippen LogP contribution is -2.02. The number of methoxy groups -OCH3 is 1. The fourth-order valence-corrected chi connectivity index (χ4v) is 2.76. The first kappa shape index (κ1) is 13.1. The smallest absolute Gasteiger partial charge is 0.315 e. The van der Waals surface area contributed by atoms with Crippen LogP contribution in [0.1, 0.15) is 10.4 Å². The molecule has 0 fully saturated rings. The lowest BCUT2D eigenvalue weighted by Gasteiger charge is -1.97. The van der Waals surface area contributed by atoms with Crippen molar-refractivity contribution in [2.45, 2.75) is 5.75 Å². The van der Waals surface area contributed by atoms with Gasteiger partial charge in [-0.3, -0.25) is 4.79 Å². The van der Waals surface area contributed by atoms with Crippen LogP contribution in [0.2, 0.25) is 0 Å². The highest BCUT2D eigenvalue weighted by Crippen LogP contribution is 2.20. The third-order valence-electron chi connectivity index (χ3n) is 1.68. The number of thiophene rings is 1. The van der Waals surface area contributed by atoms with Crippen LogP contribution in [0.4, 0.5) is 0 Å². The van der Waals surface area contributed by atoms with Crippen LogP contribution < -0.4 is 5.73 Å². The van der Waals surface area contributed by atoms with E-state index in [0.717, 1.165) is 11.3 Å². The van der Waals surface area contributed by atoms with Crippen molar-refractivity contribution < 1.29 is 9.53 Å². The maximum atomic E-state index is 10.9. The third kappa shape index (κ3) is 4.71. The Morgan fingerprint density at radius 3 is 3.19 bits per heavy atom. The molecule has 0 aliphatic carbocycles. The first-order valence-corrected chi connectivity index (χ1v) is 6.70. The zero-order valence-corrected chi connectivity index (χ0v) is 10.6. The van der Waals surface area contributed by atoms with Gasteiger partial charge >= 0.3 is 5.97 Å². The molecule has 5 heteroatoms. The highest BCUT2D eigenvalue weighted by Gasteiger charge is 2.02. The molecule has 0 saturated heterocycles. The molecule has 0 spiro atoms. The number of rotatable bonds is 4. The summed E-state index contributed by atoms with van der Waals surface area (Å²) in [5, 5.41) is 2.00. The summed E-state index contributed by atoms with van der Waals surface area (Å²) in [5.74, 6) is 6.78. The van der Waals surface area contributed by atoms with Gasteiger partial charge in [-0.1, -0.05) is 11.8 Å². The maximum Gasteiger partial charge on any atom is 0.315 e. The molecule has 0 radical (unpaired) electrons. The van der Waals surface area contributed by atoms with E-state index >= 15 is 0 Å². The first-order chi connectivity index (χ1) is 7.76. The topological polar surface area (TPSA) is 52.3 Å². The van der Waals surface area contributed by atoms with Crippen LogP contribution in [0.15, 0.2) is 11.4 Å². The number of hydrogen-bond donors (Lipinski definition) is 1. The summed E-state index contributed by atoms with van der Waals surface area (Å²) in [7, 11) is 1.40. The van der Waals surface area contributed by atoms with Crippen LogP contribution in [-0.4, -0.2) is 25.4 Å². The van der Waals surface area contributed by atoms with E-state index < -0.39 is 0 Å². The molecule has 86 valence electrons. The SMILES string of the molecule is COC(=O)CSCc1cc(C#CCN)cs1. The molecule has 0 aliphatic rings. The summed E-state index contributed by atoms with van der Waals surface area (Å²) >= 11 is 3.18. The molecule has 0 unspecified atom stereocenters. The minimum absolute atomic E-state index is 0.190. The first-order valence-electron chi connectivity index (χ1n) is 4.67. The summed E-state index contributed by atoms with van der Waals surface area (Å²) in [4.78, 5) is 12.1. The molecule has 1 heterocycles. The molecule has 16 heavy (non-hydrogen) atoms. The summed E-state index contributed by atoms with van der Waals surface area (Å²) in [6, 6.07) is 2.03. The lowest BCUT2D eigenvalue weighted by atomic mass is 10.3. The van der Waals surface area contributed by atoms with Crippen molar-refractivity contribution in [2.24, 2.45) is 5.73 Å². The predicted molar refractivity (Wildman–Crippen MR) is 68.4 cm³/mol. The Balaban J connectivity index is 2.37. The second-order valence-corrected chi connectivity index (χ2v) is 4.86. The van der Waals surface area contributed by atoms with Crippen molar-refractivity contribution >= 4 is 29.1 Å². The van der Waals surface area contributed by atoms with Crippen LogP contribution in [-0.2, 0) is 15.3 Å². The molecule has 1 aromatic heterocycles. The van der Waals surface area contributed by atoms with Crippen molar-refractivity contribution in [2.75, 3.05) is 19.4 Å². The van der Waals surface area contributed by atoms with Crippen molar-refractivity contribution in [3.05, 3.63) is 21.9 Å². The summed E-state index contributed by atoms with van der Waals surface area (Å²) in [5.41, 5.74) is 6.28. The summed E-state index contributed by atoms with van der Waals surface area (Å²) in [6.45, 7) is 0.377. The van der Waals surface area contributed by atoms with Gasteiger partial charge in [-0.15, -0.1) is 23.1 Å². The second kappa shape index (κ2) is 7.34. The lowest BCUT2D eigenvalue weighted by molar-refractivity contribution is -0.137. The maximum absolute atomic E-state index is 10.9. The van der Waals surface area contributed by atoms with E-state index in [1.165, 1.54) is 23.7 Å². The number of esters is 1. The molecular weight excluding hydrogens is 242 g/mol. The predicted octanol–water partition coefficient (Wildman–Crippen LogP) is 1.46. The Morgan fingerprint density at radius 2 is 2.50 bits per heavy atom. The zero-order valence-electron chi connectivity index (χ0n) is 8.99. The number of carbonyl (C=O) groups excluding carboxylic acids is 1. The number of hydrogen-bond acceptors (Lipinski definition) is 5. The molecule has 2 N–H and O–H groups in total. The minimum Gasteiger partial charge on any atom is -0.468 e. The molecule has 0 bridgehead atoms. The molecule has 0 aromatic carbocycles. The van der Waals surface area contributed by atoms with Crippen molar-refractivity contribution in [3.63, 3.8) is 0 Å². The standard InChI is InChI=1S/C11H13NO2S2/c1-14-11(13)8-15-7-10-5-9(6-16-10)3-2-4-12/h5-6H,4,7-8,12H2,1H3. The Kier molecular flexibility index (Phi) is 6.01. The van der Waals surface area contributed by atoms with Gasteiger partial charge < -0.3 is 10.5 Å². The van der Waals surface area contributed by atoms with Gasteiger partial charge in [0.05, 0.1) is 19.4 Å². The number of ether oxygens (including phenoxy) is 1. The molecular formula is C11H13NO2S2. The Labute approximate surface area is 103 Å². The van der Waals surface area contributed by atoms with E-state index in [4.69, 9.17) is 5.73 Å². The van der Waals surface area contributed by atoms with Gasteiger partial charge in [0.15, 0.2) is 0 Å². The fraction of sp³-hybridized carbons (Fsp3) is 0.364. The van der Waals surface area contributed by atoms with Gasteiger partial charge in [0.2, 0.25) is 0 Å². The van der Waals surface area contributed by atoms with E-state index in [1.807, 2.05) is 11.4 Å². The van der Waals surface area contributed by atoms with E-state index in [9.17, 15) is 4.79 Å². The van der Waals surface area contributed by atoms with Crippen LogP contribution in [0.3, 0.4) is 0 Å². The molecule has 1 aromatic rings. The number of thioether (sulfide) groups is 1. The molecule has 0 saturated carbocycles. The number of carbonyl (C=O) groups is 1. The van der Waals surface area contributed by atoms with E-state index in [-0.39, 0.29) is 5.97 Å². The minimum atomic E-state index is -0.190. The Hall–Kier alpha value is -0.960.